The van der Waals surface area contributed by atoms with Crippen molar-refractivity contribution in [3.8, 4) is 11.5 Å². The fourth-order valence-electron chi connectivity index (χ4n) is 2.59. The summed E-state index contributed by atoms with van der Waals surface area (Å²) in [7, 11) is 0. The molecule has 0 atom stereocenters. The molecule has 17 heavy (non-hydrogen) atoms. The van der Waals surface area contributed by atoms with Crippen LogP contribution in [0.1, 0.15) is 24.0 Å². The molecule has 1 fully saturated rings. The molecule has 4 heteroatoms. The summed E-state index contributed by atoms with van der Waals surface area (Å²) in [6.45, 7) is 3.86. The minimum atomic E-state index is 0.0692. The zero-order valence-electron chi connectivity index (χ0n) is 9.88. The average molecular weight is 254 g/mol. The first-order valence-corrected chi connectivity index (χ1v) is 6.35. The molecule has 2 aliphatic rings. The van der Waals surface area contributed by atoms with Crippen molar-refractivity contribution in [1.29, 1.82) is 0 Å². The maximum Gasteiger partial charge on any atom is 0.165 e. The molecule has 3 nitrogen and oxygen atoms in total. The van der Waals surface area contributed by atoms with Crippen molar-refractivity contribution < 1.29 is 9.47 Å². The second kappa shape index (κ2) is 3.79. The van der Waals surface area contributed by atoms with Gasteiger partial charge in [0.25, 0.3) is 0 Å². The third kappa shape index (κ3) is 1.60. The van der Waals surface area contributed by atoms with Gasteiger partial charge in [-0.05, 0) is 25.3 Å². The quantitative estimate of drug-likeness (QED) is 0.880. The second-order valence-electron chi connectivity index (χ2n) is 4.87. The van der Waals surface area contributed by atoms with Crippen LogP contribution in [0, 0.1) is 6.92 Å². The third-order valence-corrected chi connectivity index (χ3v) is 4.20. The molecule has 1 saturated carbocycles. The number of fused-ring (bicyclic) bond motifs is 1. The number of benzene rings is 1. The summed E-state index contributed by atoms with van der Waals surface area (Å²) in [5.74, 6) is 1.63. The summed E-state index contributed by atoms with van der Waals surface area (Å²) in [4.78, 5) is 0. The lowest BCUT2D eigenvalue weighted by molar-refractivity contribution is 0.168. The number of rotatable bonds is 2. The van der Waals surface area contributed by atoms with Gasteiger partial charge in [-0.25, -0.2) is 0 Å². The minimum Gasteiger partial charge on any atom is -0.486 e. The van der Waals surface area contributed by atoms with Gasteiger partial charge in [-0.15, -0.1) is 0 Å². The summed E-state index contributed by atoms with van der Waals surface area (Å²) < 4.78 is 11.4. The standard InChI is InChI=1S/C13H16ClNO2/c1-8-9(14)6-10-12(17-5-4-16-10)11(8)13(7-15)2-3-13/h6H,2-5,7,15H2,1H3. The fourth-order valence-corrected chi connectivity index (χ4v) is 2.79. The van der Waals surface area contributed by atoms with Crippen LogP contribution in [0.25, 0.3) is 0 Å². The maximum atomic E-state index is 6.27. The Balaban J connectivity index is 2.21. The maximum absolute atomic E-state index is 6.27. The Morgan fingerprint density at radius 2 is 2.06 bits per heavy atom. The predicted octanol–water partition coefficient (Wildman–Crippen LogP) is 2.41. The highest BCUT2D eigenvalue weighted by Crippen LogP contribution is 2.55. The Labute approximate surface area is 106 Å². The molecule has 1 aliphatic carbocycles. The molecular formula is C13H16ClNO2. The fraction of sp³-hybridized carbons (Fsp3) is 0.538. The van der Waals surface area contributed by atoms with E-state index in [1.54, 1.807) is 0 Å². The molecule has 2 N–H and O–H groups in total. The molecule has 3 rings (SSSR count). The van der Waals surface area contributed by atoms with Crippen LogP contribution in [-0.2, 0) is 5.41 Å². The number of hydrogen-bond acceptors (Lipinski definition) is 3. The van der Waals surface area contributed by atoms with Crippen LogP contribution < -0.4 is 15.2 Å². The Morgan fingerprint density at radius 3 is 2.71 bits per heavy atom. The first-order valence-electron chi connectivity index (χ1n) is 5.97. The Hall–Kier alpha value is -0.930. The van der Waals surface area contributed by atoms with Gasteiger partial charge < -0.3 is 15.2 Å². The molecule has 1 aromatic carbocycles. The van der Waals surface area contributed by atoms with Gasteiger partial charge >= 0.3 is 0 Å². The van der Waals surface area contributed by atoms with Gasteiger partial charge in [-0.1, -0.05) is 11.6 Å². The predicted molar refractivity (Wildman–Crippen MR) is 67.1 cm³/mol. The van der Waals surface area contributed by atoms with E-state index in [0.717, 1.165) is 34.9 Å². The highest BCUT2D eigenvalue weighted by Gasteiger charge is 2.47. The van der Waals surface area contributed by atoms with Crippen LogP contribution in [0.4, 0.5) is 0 Å². The highest BCUT2D eigenvalue weighted by molar-refractivity contribution is 6.31. The number of halogens is 1. The van der Waals surface area contributed by atoms with Crippen LogP contribution in [0.5, 0.6) is 11.5 Å². The van der Waals surface area contributed by atoms with Gasteiger partial charge in [-0.3, -0.25) is 0 Å². The van der Waals surface area contributed by atoms with E-state index >= 15 is 0 Å². The van der Waals surface area contributed by atoms with Crippen LogP contribution in [-0.4, -0.2) is 19.8 Å². The Kier molecular flexibility index (Phi) is 2.49. The van der Waals surface area contributed by atoms with E-state index in [2.05, 4.69) is 0 Å². The van der Waals surface area contributed by atoms with E-state index in [-0.39, 0.29) is 5.41 Å². The monoisotopic (exact) mass is 253 g/mol. The lowest BCUT2D eigenvalue weighted by Gasteiger charge is -2.27. The topological polar surface area (TPSA) is 44.5 Å². The van der Waals surface area contributed by atoms with Crippen molar-refractivity contribution in [1.82, 2.24) is 0 Å². The van der Waals surface area contributed by atoms with E-state index < -0.39 is 0 Å². The summed E-state index contributed by atoms with van der Waals surface area (Å²) in [6.07, 6.45) is 2.22. The third-order valence-electron chi connectivity index (χ3n) is 3.80. The van der Waals surface area contributed by atoms with E-state index in [0.29, 0.717) is 19.8 Å². The molecule has 0 unspecified atom stereocenters. The van der Waals surface area contributed by atoms with Crippen LogP contribution in [0.15, 0.2) is 6.07 Å². The average Bonchev–Trinajstić information content (AvgIpc) is 3.11. The molecule has 0 bridgehead atoms. The van der Waals surface area contributed by atoms with Crippen molar-refractivity contribution in [3.05, 3.63) is 22.2 Å². The Morgan fingerprint density at radius 1 is 1.35 bits per heavy atom. The van der Waals surface area contributed by atoms with Gasteiger partial charge in [0.2, 0.25) is 0 Å². The number of nitrogens with two attached hydrogens (primary N) is 1. The first kappa shape index (κ1) is 11.2. The van der Waals surface area contributed by atoms with E-state index in [1.165, 1.54) is 5.56 Å². The zero-order chi connectivity index (χ0) is 12.0. The van der Waals surface area contributed by atoms with Crippen LogP contribution in [0.2, 0.25) is 5.02 Å². The van der Waals surface area contributed by atoms with Crippen LogP contribution >= 0.6 is 11.6 Å². The van der Waals surface area contributed by atoms with Crippen molar-refractivity contribution in [3.63, 3.8) is 0 Å². The lowest BCUT2D eigenvalue weighted by atomic mass is 9.90. The van der Waals surface area contributed by atoms with Gasteiger partial charge in [0.05, 0.1) is 0 Å². The van der Waals surface area contributed by atoms with Crippen molar-refractivity contribution >= 4 is 11.6 Å². The van der Waals surface area contributed by atoms with Crippen molar-refractivity contribution in [2.24, 2.45) is 5.73 Å². The number of ether oxygens (including phenoxy) is 2. The molecular weight excluding hydrogens is 238 g/mol. The van der Waals surface area contributed by atoms with E-state index in [9.17, 15) is 0 Å². The molecule has 0 spiro atoms. The van der Waals surface area contributed by atoms with Gasteiger partial charge in [0, 0.05) is 28.6 Å². The molecule has 0 amide bonds. The van der Waals surface area contributed by atoms with E-state index in [4.69, 9.17) is 26.8 Å². The highest BCUT2D eigenvalue weighted by atomic mass is 35.5. The summed E-state index contributed by atoms with van der Waals surface area (Å²) in [5.41, 5.74) is 8.23. The molecule has 0 aromatic heterocycles. The smallest absolute Gasteiger partial charge is 0.165 e. The second-order valence-corrected chi connectivity index (χ2v) is 5.27. The molecule has 1 aromatic rings. The molecule has 1 aliphatic heterocycles. The zero-order valence-corrected chi connectivity index (χ0v) is 10.6. The molecule has 92 valence electrons. The largest absolute Gasteiger partial charge is 0.486 e. The van der Waals surface area contributed by atoms with Crippen LogP contribution in [0.3, 0.4) is 0 Å². The summed E-state index contributed by atoms with van der Waals surface area (Å²) in [6, 6.07) is 1.85. The molecule has 0 saturated heterocycles. The Bertz CT molecular complexity index is 469. The van der Waals surface area contributed by atoms with E-state index in [1.807, 2.05) is 13.0 Å². The van der Waals surface area contributed by atoms with Crippen molar-refractivity contribution in [2.75, 3.05) is 19.8 Å². The summed E-state index contributed by atoms with van der Waals surface area (Å²) in [5, 5.41) is 0.740. The van der Waals surface area contributed by atoms with Gasteiger partial charge in [0.15, 0.2) is 11.5 Å². The molecule has 0 radical (unpaired) electrons. The normalized spacial score (nSPS) is 20.2. The first-order chi connectivity index (χ1) is 8.18. The van der Waals surface area contributed by atoms with Crippen molar-refractivity contribution in [2.45, 2.75) is 25.2 Å². The number of hydrogen-bond donors (Lipinski definition) is 1. The lowest BCUT2D eigenvalue weighted by Crippen LogP contribution is -2.25. The van der Waals surface area contributed by atoms with Gasteiger partial charge in [-0.2, -0.15) is 0 Å². The minimum absolute atomic E-state index is 0.0692. The summed E-state index contributed by atoms with van der Waals surface area (Å²) >= 11 is 6.27. The molecule has 1 heterocycles. The SMILES string of the molecule is Cc1c(Cl)cc2c(c1C1(CN)CC1)OCCO2. The van der Waals surface area contributed by atoms with Gasteiger partial charge in [0.1, 0.15) is 13.2 Å².